The van der Waals surface area contributed by atoms with Gasteiger partial charge in [0, 0.05) is 6.54 Å². The van der Waals surface area contributed by atoms with Crippen LogP contribution in [0.15, 0.2) is 16.7 Å². The number of carboxylic acid groups (broad SMARTS) is 1. The number of aromatic carboxylic acids is 1. The molecule has 1 saturated heterocycles. The van der Waals surface area contributed by atoms with E-state index in [2.05, 4.69) is 10.6 Å². The Bertz CT molecular complexity index is 427. The Kier molecular flexibility index (Phi) is 3.43. The smallest absolute Gasteiger partial charge is 0.338 e. The third-order valence-electron chi connectivity index (χ3n) is 2.71. The SMILES string of the molecule is O=C(O)c1coc(CNC2CCCNC2=O)c1. The lowest BCUT2D eigenvalue weighted by atomic mass is 10.1. The Morgan fingerprint density at radius 3 is 3.12 bits per heavy atom. The van der Waals surface area contributed by atoms with Gasteiger partial charge in [0.05, 0.1) is 18.2 Å². The van der Waals surface area contributed by atoms with Crippen LogP contribution in [0.3, 0.4) is 0 Å². The van der Waals surface area contributed by atoms with Crippen LogP contribution in [0.5, 0.6) is 0 Å². The predicted molar refractivity (Wildman–Crippen MR) is 58.5 cm³/mol. The van der Waals surface area contributed by atoms with Crippen molar-refractivity contribution in [1.82, 2.24) is 10.6 Å². The van der Waals surface area contributed by atoms with Gasteiger partial charge in [-0.2, -0.15) is 0 Å². The van der Waals surface area contributed by atoms with Gasteiger partial charge in [-0.25, -0.2) is 4.79 Å². The normalized spacial score (nSPS) is 20.0. The van der Waals surface area contributed by atoms with Gasteiger partial charge in [0.15, 0.2) is 0 Å². The first-order valence-electron chi connectivity index (χ1n) is 5.48. The zero-order valence-corrected chi connectivity index (χ0v) is 9.23. The fraction of sp³-hybridized carbons (Fsp3) is 0.455. The average molecular weight is 238 g/mol. The maximum Gasteiger partial charge on any atom is 0.338 e. The third kappa shape index (κ3) is 2.85. The number of amides is 1. The number of hydrogen-bond donors (Lipinski definition) is 3. The molecule has 0 spiro atoms. The summed E-state index contributed by atoms with van der Waals surface area (Å²) in [6.07, 6.45) is 2.93. The van der Waals surface area contributed by atoms with Crippen LogP contribution < -0.4 is 10.6 Å². The maximum atomic E-state index is 11.4. The molecule has 6 heteroatoms. The van der Waals surface area contributed by atoms with E-state index < -0.39 is 5.97 Å². The molecule has 1 aliphatic heterocycles. The number of hydrogen-bond acceptors (Lipinski definition) is 4. The minimum atomic E-state index is -1.02. The van der Waals surface area contributed by atoms with E-state index in [1.807, 2.05) is 0 Å². The van der Waals surface area contributed by atoms with Crippen molar-refractivity contribution in [2.75, 3.05) is 6.54 Å². The molecular weight excluding hydrogens is 224 g/mol. The Morgan fingerprint density at radius 1 is 1.65 bits per heavy atom. The van der Waals surface area contributed by atoms with Crippen molar-refractivity contribution in [1.29, 1.82) is 0 Å². The Labute approximate surface area is 98.0 Å². The van der Waals surface area contributed by atoms with Crippen LogP contribution in [0.1, 0.15) is 29.0 Å². The Balaban J connectivity index is 1.88. The monoisotopic (exact) mass is 238 g/mol. The van der Waals surface area contributed by atoms with E-state index >= 15 is 0 Å². The molecule has 1 fully saturated rings. The molecule has 0 bridgehead atoms. The number of piperidine rings is 1. The Hall–Kier alpha value is -1.82. The number of furan rings is 1. The molecule has 1 aromatic rings. The molecule has 1 atom stereocenters. The number of carboxylic acids is 1. The molecule has 2 heterocycles. The molecule has 1 aromatic heterocycles. The standard InChI is InChI=1S/C11H14N2O4/c14-10-9(2-1-3-12-10)13-5-8-4-7(6-17-8)11(15)16/h4,6,9,13H,1-3,5H2,(H,12,14)(H,15,16). The van der Waals surface area contributed by atoms with E-state index in [1.165, 1.54) is 12.3 Å². The van der Waals surface area contributed by atoms with Crippen LogP contribution in [-0.4, -0.2) is 29.6 Å². The third-order valence-corrected chi connectivity index (χ3v) is 2.71. The van der Waals surface area contributed by atoms with E-state index in [4.69, 9.17) is 9.52 Å². The lowest BCUT2D eigenvalue weighted by Gasteiger charge is -2.22. The fourth-order valence-corrected chi connectivity index (χ4v) is 1.78. The summed E-state index contributed by atoms with van der Waals surface area (Å²) in [7, 11) is 0. The van der Waals surface area contributed by atoms with Crippen LogP contribution in [0.4, 0.5) is 0 Å². The quantitative estimate of drug-likeness (QED) is 0.703. The topological polar surface area (TPSA) is 91.6 Å². The van der Waals surface area contributed by atoms with Crippen LogP contribution in [0, 0.1) is 0 Å². The van der Waals surface area contributed by atoms with Crippen LogP contribution in [-0.2, 0) is 11.3 Å². The highest BCUT2D eigenvalue weighted by atomic mass is 16.4. The fourth-order valence-electron chi connectivity index (χ4n) is 1.78. The molecule has 3 N–H and O–H groups in total. The van der Waals surface area contributed by atoms with Gasteiger partial charge in [0.1, 0.15) is 12.0 Å². The minimum absolute atomic E-state index is 0.0127. The summed E-state index contributed by atoms with van der Waals surface area (Å²) in [5.41, 5.74) is 0.120. The lowest BCUT2D eigenvalue weighted by molar-refractivity contribution is -0.124. The molecule has 1 unspecified atom stereocenters. The van der Waals surface area contributed by atoms with Crippen molar-refractivity contribution in [2.24, 2.45) is 0 Å². The summed E-state index contributed by atoms with van der Waals surface area (Å²) in [6.45, 7) is 1.08. The highest BCUT2D eigenvalue weighted by Crippen LogP contribution is 2.09. The van der Waals surface area contributed by atoms with Crippen molar-refractivity contribution in [3.8, 4) is 0 Å². The average Bonchev–Trinajstić information content (AvgIpc) is 2.77. The summed E-state index contributed by atoms with van der Waals surface area (Å²) in [5, 5.41) is 14.5. The molecule has 1 amide bonds. The summed E-state index contributed by atoms with van der Waals surface area (Å²) in [5.74, 6) is -0.516. The van der Waals surface area contributed by atoms with Crippen molar-refractivity contribution in [3.05, 3.63) is 23.7 Å². The van der Waals surface area contributed by atoms with Crippen LogP contribution >= 0.6 is 0 Å². The van der Waals surface area contributed by atoms with Gasteiger partial charge >= 0.3 is 5.97 Å². The maximum absolute atomic E-state index is 11.4. The summed E-state index contributed by atoms with van der Waals surface area (Å²) < 4.78 is 5.08. The van der Waals surface area contributed by atoms with Gasteiger partial charge < -0.3 is 14.8 Å². The van der Waals surface area contributed by atoms with Gasteiger partial charge in [0.2, 0.25) is 5.91 Å². The summed E-state index contributed by atoms with van der Waals surface area (Å²) in [4.78, 5) is 22.1. The minimum Gasteiger partial charge on any atom is -0.478 e. The van der Waals surface area contributed by atoms with Crippen LogP contribution in [0.25, 0.3) is 0 Å². The first kappa shape index (κ1) is 11.7. The van der Waals surface area contributed by atoms with Gasteiger partial charge in [0.25, 0.3) is 0 Å². The molecule has 0 aromatic carbocycles. The molecule has 6 nitrogen and oxygen atoms in total. The molecule has 17 heavy (non-hydrogen) atoms. The lowest BCUT2D eigenvalue weighted by Crippen LogP contribution is -2.47. The first-order chi connectivity index (χ1) is 8.16. The highest BCUT2D eigenvalue weighted by molar-refractivity contribution is 5.87. The van der Waals surface area contributed by atoms with Gasteiger partial charge in [-0.15, -0.1) is 0 Å². The van der Waals surface area contributed by atoms with E-state index in [9.17, 15) is 9.59 Å². The van der Waals surface area contributed by atoms with Crippen molar-refractivity contribution in [3.63, 3.8) is 0 Å². The Morgan fingerprint density at radius 2 is 2.47 bits per heavy atom. The molecule has 2 rings (SSSR count). The van der Waals surface area contributed by atoms with Gasteiger partial charge in [-0.1, -0.05) is 0 Å². The molecule has 0 saturated carbocycles. The first-order valence-corrected chi connectivity index (χ1v) is 5.48. The highest BCUT2D eigenvalue weighted by Gasteiger charge is 2.21. The summed E-state index contributed by atoms with van der Waals surface area (Å²) in [6, 6.07) is 1.23. The molecular formula is C11H14N2O4. The summed E-state index contributed by atoms with van der Waals surface area (Å²) >= 11 is 0. The number of rotatable bonds is 4. The molecule has 0 aliphatic carbocycles. The zero-order valence-electron chi connectivity index (χ0n) is 9.23. The van der Waals surface area contributed by atoms with E-state index in [-0.39, 0.29) is 17.5 Å². The van der Waals surface area contributed by atoms with Gasteiger partial charge in [-0.05, 0) is 18.9 Å². The van der Waals surface area contributed by atoms with E-state index in [0.717, 1.165) is 19.4 Å². The zero-order chi connectivity index (χ0) is 12.3. The van der Waals surface area contributed by atoms with Crippen LogP contribution in [0.2, 0.25) is 0 Å². The second kappa shape index (κ2) is 5.01. The van der Waals surface area contributed by atoms with Crippen molar-refractivity contribution in [2.45, 2.75) is 25.4 Å². The van der Waals surface area contributed by atoms with Crippen molar-refractivity contribution >= 4 is 11.9 Å². The second-order valence-corrected chi connectivity index (χ2v) is 3.97. The largest absolute Gasteiger partial charge is 0.478 e. The molecule has 92 valence electrons. The van der Waals surface area contributed by atoms with E-state index in [0.29, 0.717) is 12.3 Å². The van der Waals surface area contributed by atoms with E-state index in [1.54, 1.807) is 0 Å². The number of carbonyl (C=O) groups excluding carboxylic acids is 1. The molecule has 0 radical (unpaired) electrons. The number of nitrogens with one attached hydrogen (secondary N) is 2. The predicted octanol–water partition coefficient (Wildman–Crippen LogP) is 0.346. The molecule has 1 aliphatic rings. The number of carbonyl (C=O) groups is 2. The van der Waals surface area contributed by atoms with Gasteiger partial charge in [-0.3, -0.25) is 10.1 Å². The second-order valence-electron chi connectivity index (χ2n) is 3.97. The van der Waals surface area contributed by atoms with Crippen molar-refractivity contribution < 1.29 is 19.1 Å².